The standard InChI is InChI=1S/C20H23N3O3S2/c1-3-23(4-2)28(25,26)16-11-9-15(10-12-16)20(24)21-14-13-19-22-17-7-5-6-8-18(17)27-19/h5-12H,3-4,13-14H2,1-2H3,(H,21,24). The number of carbonyl (C=O) groups is 1. The van der Waals surface area contributed by atoms with Gasteiger partial charge in [0.15, 0.2) is 0 Å². The van der Waals surface area contributed by atoms with Crippen molar-refractivity contribution in [1.29, 1.82) is 0 Å². The first-order valence-corrected chi connectivity index (χ1v) is 11.4. The van der Waals surface area contributed by atoms with Crippen LogP contribution in [0.3, 0.4) is 0 Å². The number of rotatable bonds is 8. The van der Waals surface area contributed by atoms with Crippen LogP contribution in [0, 0.1) is 0 Å². The molecule has 6 nitrogen and oxygen atoms in total. The van der Waals surface area contributed by atoms with Gasteiger partial charge in [-0.3, -0.25) is 4.79 Å². The molecule has 1 aromatic heterocycles. The Kier molecular flexibility index (Phi) is 6.43. The molecule has 0 fully saturated rings. The Morgan fingerprint density at radius 3 is 2.39 bits per heavy atom. The zero-order valence-electron chi connectivity index (χ0n) is 15.9. The third-order valence-corrected chi connectivity index (χ3v) is 7.58. The quantitative estimate of drug-likeness (QED) is 0.610. The Labute approximate surface area is 169 Å². The highest BCUT2D eigenvalue weighted by Crippen LogP contribution is 2.21. The smallest absolute Gasteiger partial charge is 0.251 e. The lowest BCUT2D eigenvalue weighted by Crippen LogP contribution is -2.30. The summed E-state index contributed by atoms with van der Waals surface area (Å²) in [5, 5.41) is 3.84. The number of hydrogen-bond donors (Lipinski definition) is 1. The van der Waals surface area contributed by atoms with Gasteiger partial charge in [-0.25, -0.2) is 13.4 Å². The molecule has 3 rings (SSSR count). The van der Waals surface area contributed by atoms with Crippen molar-refractivity contribution in [3.8, 4) is 0 Å². The maximum atomic E-state index is 12.5. The van der Waals surface area contributed by atoms with E-state index in [1.54, 1.807) is 37.3 Å². The van der Waals surface area contributed by atoms with Crippen molar-refractivity contribution in [3.63, 3.8) is 0 Å². The van der Waals surface area contributed by atoms with Crippen LogP contribution in [-0.4, -0.2) is 43.2 Å². The number of para-hydroxylation sites is 1. The van der Waals surface area contributed by atoms with E-state index >= 15 is 0 Å². The fourth-order valence-corrected chi connectivity index (χ4v) is 5.33. The van der Waals surface area contributed by atoms with E-state index in [1.165, 1.54) is 16.4 Å². The lowest BCUT2D eigenvalue weighted by Gasteiger charge is -2.18. The molecule has 0 aliphatic heterocycles. The van der Waals surface area contributed by atoms with Crippen molar-refractivity contribution in [2.24, 2.45) is 0 Å². The predicted molar refractivity (Wildman–Crippen MR) is 112 cm³/mol. The second-order valence-corrected chi connectivity index (χ2v) is 9.25. The molecule has 0 aliphatic rings. The van der Waals surface area contributed by atoms with Crippen LogP contribution in [0.2, 0.25) is 0 Å². The van der Waals surface area contributed by atoms with Gasteiger partial charge < -0.3 is 5.32 Å². The fourth-order valence-electron chi connectivity index (χ4n) is 2.90. The molecule has 28 heavy (non-hydrogen) atoms. The minimum atomic E-state index is -3.51. The summed E-state index contributed by atoms with van der Waals surface area (Å²) in [6.07, 6.45) is 0.652. The Bertz CT molecular complexity index is 1020. The molecule has 1 N–H and O–H groups in total. The molecule has 0 aliphatic carbocycles. The number of hydrogen-bond acceptors (Lipinski definition) is 5. The van der Waals surface area contributed by atoms with E-state index in [0.717, 1.165) is 15.2 Å². The summed E-state index contributed by atoms with van der Waals surface area (Å²) in [6, 6.07) is 14.0. The molecule has 8 heteroatoms. The molecular formula is C20H23N3O3S2. The van der Waals surface area contributed by atoms with Crippen LogP contribution in [0.4, 0.5) is 0 Å². The minimum absolute atomic E-state index is 0.197. The molecule has 148 valence electrons. The Balaban J connectivity index is 1.60. The number of benzene rings is 2. The summed E-state index contributed by atoms with van der Waals surface area (Å²) in [5.74, 6) is -0.229. The molecule has 0 saturated carbocycles. The number of thiazole rings is 1. The van der Waals surface area contributed by atoms with Crippen LogP contribution in [0.1, 0.15) is 29.2 Å². The van der Waals surface area contributed by atoms with Gasteiger partial charge in [-0.15, -0.1) is 11.3 Å². The highest BCUT2D eigenvalue weighted by atomic mass is 32.2. The summed E-state index contributed by atoms with van der Waals surface area (Å²) in [7, 11) is -3.51. The molecular weight excluding hydrogens is 394 g/mol. The van der Waals surface area contributed by atoms with Gasteiger partial charge in [0.2, 0.25) is 10.0 Å². The van der Waals surface area contributed by atoms with Crippen molar-refractivity contribution in [2.45, 2.75) is 25.2 Å². The summed E-state index contributed by atoms with van der Waals surface area (Å²) in [4.78, 5) is 17.1. The fraction of sp³-hybridized carbons (Fsp3) is 0.300. The third kappa shape index (κ3) is 4.40. The SMILES string of the molecule is CCN(CC)S(=O)(=O)c1ccc(C(=O)NCCc2nc3ccccc3s2)cc1. The minimum Gasteiger partial charge on any atom is -0.352 e. The number of nitrogens with one attached hydrogen (secondary N) is 1. The van der Waals surface area contributed by atoms with Gasteiger partial charge in [0.1, 0.15) is 0 Å². The van der Waals surface area contributed by atoms with Gasteiger partial charge in [0, 0.05) is 31.6 Å². The first-order chi connectivity index (χ1) is 13.5. The summed E-state index contributed by atoms with van der Waals surface area (Å²) in [6.45, 7) is 4.89. The van der Waals surface area contributed by atoms with E-state index in [0.29, 0.717) is 31.6 Å². The van der Waals surface area contributed by atoms with Gasteiger partial charge in [0.05, 0.1) is 20.1 Å². The van der Waals surface area contributed by atoms with Gasteiger partial charge in [-0.05, 0) is 36.4 Å². The number of carbonyl (C=O) groups excluding carboxylic acids is 1. The zero-order chi connectivity index (χ0) is 20.1. The van der Waals surface area contributed by atoms with E-state index in [4.69, 9.17) is 0 Å². The summed E-state index contributed by atoms with van der Waals surface area (Å²) in [5.41, 5.74) is 1.40. The molecule has 1 heterocycles. The Morgan fingerprint density at radius 1 is 1.07 bits per heavy atom. The number of aromatic nitrogens is 1. The van der Waals surface area contributed by atoms with Crippen LogP contribution in [-0.2, 0) is 16.4 Å². The highest BCUT2D eigenvalue weighted by molar-refractivity contribution is 7.89. The first-order valence-electron chi connectivity index (χ1n) is 9.18. The van der Waals surface area contributed by atoms with Crippen LogP contribution >= 0.6 is 11.3 Å². The lowest BCUT2D eigenvalue weighted by molar-refractivity contribution is 0.0954. The second kappa shape index (κ2) is 8.81. The molecule has 0 saturated heterocycles. The van der Waals surface area contributed by atoms with Gasteiger partial charge >= 0.3 is 0 Å². The van der Waals surface area contributed by atoms with E-state index in [9.17, 15) is 13.2 Å². The molecule has 3 aromatic rings. The number of fused-ring (bicyclic) bond motifs is 1. The average molecular weight is 418 g/mol. The maximum absolute atomic E-state index is 12.5. The molecule has 0 atom stereocenters. The van der Waals surface area contributed by atoms with Gasteiger partial charge in [-0.1, -0.05) is 26.0 Å². The van der Waals surface area contributed by atoms with Crippen LogP contribution in [0.15, 0.2) is 53.4 Å². The predicted octanol–water partition coefficient (Wildman–Crippen LogP) is 3.30. The van der Waals surface area contributed by atoms with Crippen molar-refractivity contribution in [3.05, 3.63) is 59.1 Å². The largest absolute Gasteiger partial charge is 0.352 e. The molecule has 1 amide bonds. The number of sulfonamides is 1. The normalized spacial score (nSPS) is 11.8. The van der Waals surface area contributed by atoms with Crippen molar-refractivity contribution in [1.82, 2.24) is 14.6 Å². The van der Waals surface area contributed by atoms with Crippen LogP contribution < -0.4 is 5.32 Å². The lowest BCUT2D eigenvalue weighted by atomic mass is 10.2. The van der Waals surface area contributed by atoms with Crippen LogP contribution in [0.25, 0.3) is 10.2 Å². The van der Waals surface area contributed by atoms with E-state index < -0.39 is 10.0 Å². The third-order valence-electron chi connectivity index (χ3n) is 4.42. The number of nitrogens with zero attached hydrogens (tertiary/aromatic N) is 2. The van der Waals surface area contributed by atoms with Gasteiger partial charge in [-0.2, -0.15) is 4.31 Å². The van der Waals surface area contributed by atoms with Crippen molar-refractivity contribution < 1.29 is 13.2 Å². The molecule has 0 bridgehead atoms. The van der Waals surface area contributed by atoms with E-state index in [2.05, 4.69) is 10.3 Å². The van der Waals surface area contributed by atoms with Crippen LogP contribution in [0.5, 0.6) is 0 Å². The Morgan fingerprint density at radius 2 is 1.75 bits per heavy atom. The van der Waals surface area contributed by atoms with E-state index in [-0.39, 0.29) is 10.8 Å². The van der Waals surface area contributed by atoms with E-state index in [1.807, 2.05) is 24.3 Å². The average Bonchev–Trinajstić information content (AvgIpc) is 3.11. The zero-order valence-corrected chi connectivity index (χ0v) is 17.5. The molecule has 0 spiro atoms. The first kappa shape index (κ1) is 20.4. The van der Waals surface area contributed by atoms with Crippen molar-refractivity contribution >= 4 is 37.5 Å². The summed E-state index contributed by atoms with van der Waals surface area (Å²) < 4.78 is 27.5. The molecule has 0 radical (unpaired) electrons. The van der Waals surface area contributed by atoms with Gasteiger partial charge in [0.25, 0.3) is 5.91 Å². The summed E-state index contributed by atoms with van der Waals surface area (Å²) >= 11 is 1.62. The molecule has 2 aromatic carbocycles. The molecule has 0 unspecified atom stereocenters. The number of amides is 1. The maximum Gasteiger partial charge on any atom is 0.251 e. The highest BCUT2D eigenvalue weighted by Gasteiger charge is 2.21. The second-order valence-electron chi connectivity index (χ2n) is 6.19. The topological polar surface area (TPSA) is 79.4 Å². The monoisotopic (exact) mass is 417 g/mol. The van der Waals surface area contributed by atoms with Crippen molar-refractivity contribution in [2.75, 3.05) is 19.6 Å². The Hall–Kier alpha value is -2.29.